The summed E-state index contributed by atoms with van der Waals surface area (Å²) in [7, 11) is 0. The smallest absolute Gasteiger partial charge is 0.326 e. The first-order chi connectivity index (χ1) is 10.0. The maximum absolute atomic E-state index is 12.2. The number of rotatable bonds is 4. The minimum Gasteiger partial charge on any atom is -0.508 e. The van der Waals surface area contributed by atoms with Crippen LogP contribution in [-0.2, 0) is 14.3 Å². The number of hydrogen-bond donors (Lipinski definition) is 1. The lowest BCUT2D eigenvalue weighted by atomic mass is 10.2. The second-order valence-electron chi connectivity index (χ2n) is 4.16. The van der Waals surface area contributed by atoms with Gasteiger partial charge in [-0.15, -0.1) is 0 Å². The molecular formula is C14H13NO4S2. The van der Waals surface area contributed by atoms with Crippen LogP contribution in [-0.4, -0.2) is 39.4 Å². The van der Waals surface area contributed by atoms with Crippen LogP contribution in [0.25, 0.3) is 6.08 Å². The van der Waals surface area contributed by atoms with E-state index in [9.17, 15) is 14.7 Å². The Morgan fingerprint density at radius 1 is 1.43 bits per heavy atom. The molecule has 0 saturated carbocycles. The highest BCUT2D eigenvalue weighted by molar-refractivity contribution is 8.26. The Hall–Kier alpha value is -1.86. The highest BCUT2D eigenvalue weighted by Crippen LogP contribution is 2.32. The second kappa shape index (κ2) is 6.73. The van der Waals surface area contributed by atoms with E-state index >= 15 is 0 Å². The predicted octanol–water partition coefficient (Wildman–Crippen LogP) is 2.16. The quantitative estimate of drug-likeness (QED) is 0.520. The molecule has 0 atom stereocenters. The molecular weight excluding hydrogens is 310 g/mol. The molecule has 1 aliphatic rings. The van der Waals surface area contributed by atoms with Gasteiger partial charge in [-0.05, 0) is 30.7 Å². The fraction of sp³-hybridized carbons (Fsp3) is 0.214. The summed E-state index contributed by atoms with van der Waals surface area (Å²) < 4.78 is 5.15. The molecule has 1 fully saturated rings. The summed E-state index contributed by atoms with van der Waals surface area (Å²) >= 11 is 6.25. The summed E-state index contributed by atoms with van der Waals surface area (Å²) in [6.07, 6.45) is 1.67. The fourth-order valence-corrected chi connectivity index (χ4v) is 2.95. The number of phenols is 1. The maximum atomic E-state index is 12.2. The number of ether oxygens (including phenoxy) is 1. The lowest BCUT2D eigenvalue weighted by Gasteiger charge is -2.12. The summed E-state index contributed by atoms with van der Waals surface area (Å²) in [6.45, 7) is 1.79. The monoisotopic (exact) mass is 323 g/mol. The molecule has 0 unspecified atom stereocenters. The highest BCUT2D eigenvalue weighted by Gasteiger charge is 2.33. The number of thioether (sulfide) groups is 1. The number of thiocarbonyl (C=S) groups is 1. The van der Waals surface area contributed by atoms with Crippen molar-refractivity contribution >= 4 is 46.3 Å². The van der Waals surface area contributed by atoms with Crippen molar-refractivity contribution in [1.82, 2.24) is 4.90 Å². The van der Waals surface area contributed by atoms with E-state index in [1.165, 1.54) is 17.0 Å². The number of esters is 1. The Bertz CT molecular complexity index is 610. The van der Waals surface area contributed by atoms with Crippen LogP contribution in [0.3, 0.4) is 0 Å². The van der Waals surface area contributed by atoms with Crippen LogP contribution >= 0.6 is 24.0 Å². The number of nitrogens with zero attached hydrogens (tertiary/aromatic N) is 1. The van der Waals surface area contributed by atoms with Gasteiger partial charge in [0.05, 0.1) is 11.5 Å². The van der Waals surface area contributed by atoms with Crippen LogP contribution in [0.4, 0.5) is 0 Å². The molecule has 1 heterocycles. The van der Waals surface area contributed by atoms with E-state index in [2.05, 4.69) is 0 Å². The standard InChI is InChI=1S/C14H13NO4S2/c1-2-19-12(17)8-15-13(18)11(21-14(15)20)7-9-3-5-10(16)6-4-9/h3-7,16H,2,8H2,1H3/b11-7-. The van der Waals surface area contributed by atoms with Crippen molar-refractivity contribution in [3.63, 3.8) is 0 Å². The van der Waals surface area contributed by atoms with Crippen molar-refractivity contribution in [2.75, 3.05) is 13.2 Å². The zero-order valence-electron chi connectivity index (χ0n) is 11.2. The fourth-order valence-electron chi connectivity index (χ4n) is 1.69. The molecule has 1 aromatic rings. The van der Waals surface area contributed by atoms with Crippen LogP contribution in [0.1, 0.15) is 12.5 Å². The van der Waals surface area contributed by atoms with Gasteiger partial charge in [0.1, 0.15) is 16.6 Å². The Labute approximate surface area is 131 Å². The number of phenolic OH excluding ortho intramolecular Hbond substituents is 1. The third kappa shape index (κ3) is 3.83. The van der Waals surface area contributed by atoms with Gasteiger partial charge in [0, 0.05) is 0 Å². The topological polar surface area (TPSA) is 66.8 Å². The zero-order valence-corrected chi connectivity index (χ0v) is 12.9. The number of aromatic hydroxyl groups is 1. The SMILES string of the molecule is CCOC(=O)CN1C(=O)/C(=C/c2ccc(O)cc2)SC1=S. The van der Waals surface area contributed by atoms with Gasteiger partial charge in [-0.25, -0.2) is 0 Å². The largest absolute Gasteiger partial charge is 0.508 e. The zero-order chi connectivity index (χ0) is 15.4. The van der Waals surface area contributed by atoms with Crippen molar-refractivity contribution in [3.05, 3.63) is 34.7 Å². The first kappa shape index (κ1) is 15.5. The molecule has 0 aliphatic carbocycles. The third-order valence-electron chi connectivity index (χ3n) is 2.66. The lowest BCUT2D eigenvalue weighted by Crippen LogP contribution is -2.34. The van der Waals surface area contributed by atoms with E-state index in [-0.39, 0.29) is 24.8 Å². The molecule has 0 radical (unpaired) electrons. The molecule has 5 nitrogen and oxygen atoms in total. The molecule has 0 spiro atoms. The molecule has 7 heteroatoms. The van der Waals surface area contributed by atoms with Crippen LogP contribution < -0.4 is 0 Å². The molecule has 1 amide bonds. The molecule has 0 bridgehead atoms. The van der Waals surface area contributed by atoms with Gasteiger partial charge >= 0.3 is 5.97 Å². The number of benzene rings is 1. The van der Waals surface area contributed by atoms with E-state index < -0.39 is 5.97 Å². The van der Waals surface area contributed by atoms with Crippen molar-refractivity contribution in [3.8, 4) is 5.75 Å². The van der Waals surface area contributed by atoms with Gasteiger partial charge in [0.25, 0.3) is 5.91 Å². The van der Waals surface area contributed by atoms with Crippen molar-refractivity contribution in [2.24, 2.45) is 0 Å². The Balaban J connectivity index is 2.13. The Kier molecular flexibility index (Phi) is 4.98. The predicted molar refractivity (Wildman–Crippen MR) is 84.6 cm³/mol. The van der Waals surface area contributed by atoms with E-state index in [0.29, 0.717) is 9.23 Å². The molecule has 1 aliphatic heterocycles. The van der Waals surface area contributed by atoms with Crippen LogP contribution in [0.15, 0.2) is 29.2 Å². The van der Waals surface area contributed by atoms with E-state index in [4.69, 9.17) is 17.0 Å². The van der Waals surface area contributed by atoms with Gasteiger partial charge in [-0.1, -0.05) is 36.1 Å². The lowest BCUT2D eigenvalue weighted by molar-refractivity contribution is -0.145. The normalized spacial score (nSPS) is 16.6. The van der Waals surface area contributed by atoms with Crippen molar-refractivity contribution in [1.29, 1.82) is 0 Å². The van der Waals surface area contributed by atoms with Gasteiger partial charge in [-0.3, -0.25) is 14.5 Å². The van der Waals surface area contributed by atoms with Gasteiger partial charge in [0.2, 0.25) is 0 Å². The van der Waals surface area contributed by atoms with Crippen LogP contribution in [0, 0.1) is 0 Å². The molecule has 110 valence electrons. The molecule has 2 rings (SSSR count). The van der Waals surface area contributed by atoms with Crippen molar-refractivity contribution in [2.45, 2.75) is 6.92 Å². The van der Waals surface area contributed by atoms with Crippen molar-refractivity contribution < 1.29 is 19.4 Å². The van der Waals surface area contributed by atoms with E-state index in [1.54, 1.807) is 25.1 Å². The summed E-state index contributed by atoms with van der Waals surface area (Å²) in [5.41, 5.74) is 0.768. The number of carbonyl (C=O) groups excluding carboxylic acids is 2. The van der Waals surface area contributed by atoms with E-state index in [0.717, 1.165) is 17.3 Å². The molecule has 0 aromatic heterocycles. The average molecular weight is 323 g/mol. The summed E-state index contributed by atoms with van der Waals surface area (Å²) in [4.78, 5) is 25.3. The van der Waals surface area contributed by atoms with Gasteiger partial charge in [-0.2, -0.15) is 0 Å². The molecule has 1 N–H and O–H groups in total. The minimum atomic E-state index is -0.486. The Morgan fingerprint density at radius 2 is 2.10 bits per heavy atom. The molecule has 21 heavy (non-hydrogen) atoms. The minimum absolute atomic E-state index is 0.155. The first-order valence-electron chi connectivity index (χ1n) is 6.21. The van der Waals surface area contributed by atoms with Crippen LogP contribution in [0.5, 0.6) is 5.75 Å². The van der Waals surface area contributed by atoms with Crippen LogP contribution in [0.2, 0.25) is 0 Å². The number of carbonyl (C=O) groups is 2. The van der Waals surface area contributed by atoms with E-state index in [1.807, 2.05) is 0 Å². The second-order valence-corrected chi connectivity index (χ2v) is 5.84. The highest BCUT2D eigenvalue weighted by atomic mass is 32.2. The molecule has 1 saturated heterocycles. The van der Waals surface area contributed by atoms with Gasteiger partial charge in [0.15, 0.2) is 0 Å². The first-order valence-corrected chi connectivity index (χ1v) is 7.43. The summed E-state index contributed by atoms with van der Waals surface area (Å²) in [5.74, 6) is -0.646. The summed E-state index contributed by atoms with van der Waals surface area (Å²) in [6, 6.07) is 6.44. The number of amides is 1. The number of hydrogen-bond acceptors (Lipinski definition) is 6. The average Bonchev–Trinajstić information content (AvgIpc) is 2.69. The molecule has 1 aromatic carbocycles. The van der Waals surface area contributed by atoms with Gasteiger partial charge < -0.3 is 9.84 Å². The maximum Gasteiger partial charge on any atom is 0.326 e. The Morgan fingerprint density at radius 3 is 2.71 bits per heavy atom. The summed E-state index contributed by atoms with van der Waals surface area (Å²) in [5, 5.41) is 9.23. The third-order valence-corrected chi connectivity index (χ3v) is 4.03.